The number of nitrogens with zero attached hydrogens (tertiary/aromatic N) is 1. The number of hydrogen-bond acceptors (Lipinski definition) is 4. The molecule has 0 unspecified atom stereocenters. The maximum absolute atomic E-state index is 10.8. The standard InChI is InChI=1S/C13H14N2O2S/c1-9-11(6-12(18-9)13(16)17)8-15-7-10-2-4-14-5-3-10/h2-6,15H,7-8H2,1H3,(H,16,17). The molecule has 2 N–H and O–H groups in total. The van der Waals surface area contributed by atoms with Crippen molar-refractivity contribution in [2.75, 3.05) is 0 Å². The molecule has 0 aromatic carbocycles. The first-order valence-electron chi connectivity index (χ1n) is 5.59. The molecule has 0 aliphatic heterocycles. The Morgan fingerprint density at radius 2 is 2.11 bits per heavy atom. The summed E-state index contributed by atoms with van der Waals surface area (Å²) in [7, 11) is 0. The van der Waals surface area contributed by atoms with Gasteiger partial charge in [-0.2, -0.15) is 0 Å². The van der Waals surface area contributed by atoms with Crippen LogP contribution in [-0.4, -0.2) is 16.1 Å². The highest BCUT2D eigenvalue weighted by Crippen LogP contribution is 2.21. The summed E-state index contributed by atoms with van der Waals surface area (Å²) >= 11 is 1.32. The number of pyridine rings is 1. The monoisotopic (exact) mass is 262 g/mol. The molecular formula is C13H14N2O2S. The molecule has 18 heavy (non-hydrogen) atoms. The molecule has 0 amide bonds. The van der Waals surface area contributed by atoms with Gasteiger partial charge in [-0.1, -0.05) is 0 Å². The summed E-state index contributed by atoms with van der Waals surface area (Å²) in [6.45, 7) is 3.37. The van der Waals surface area contributed by atoms with Crippen LogP contribution in [0.2, 0.25) is 0 Å². The largest absolute Gasteiger partial charge is 0.477 e. The zero-order valence-corrected chi connectivity index (χ0v) is 10.8. The predicted molar refractivity (Wildman–Crippen MR) is 70.8 cm³/mol. The van der Waals surface area contributed by atoms with Gasteiger partial charge in [0, 0.05) is 30.4 Å². The third kappa shape index (κ3) is 3.15. The zero-order chi connectivity index (χ0) is 13.0. The van der Waals surface area contributed by atoms with Crippen LogP contribution in [0.3, 0.4) is 0 Å². The molecule has 0 spiro atoms. The van der Waals surface area contributed by atoms with Crippen molar-refractivity contribution in [2.45, 2.75) is 20.0 Å². The Morgan fingerprint density at radius 3 is 2.72 bits per heavy atom. The summed E-state index contributed by atoms with van der Waals surface area (Å²) in [5.74, 6) is -0.858. The molecule has 4 nitrogen and oxygen atoms in total. The Balaban J connectivity index is 1.92. The maximum atomic E-state index is 10.8. The van der Waals surface area contributed by atoms with E-state index in [1.54, 1.807) is 18.5 Å². The number of carboxylic acids is 1. The highest BCUT2D eigenvalue weighted by atomic mass is 32.1. The van der Waals surface area contributed by atoms with E-state index in [-0.39, 0.29) is 0 Å². The van der Waals surface area contributed by atoms with Gasteiger partial charge in [-0.25, -0.2) is 4.79 Å². The van der Waals surface area contributed by atoms with Gasteiger partial charge in [-0.3, -0.25) is 4.98 Å². The minimum atomic E-state index is -0.858. The second-order valence-electron chi connectivity index (χ2n) is 3.96. The van der Waals surface area contributed by atoms with E-state index in [1.807, 2.05) is 19.1 Å². The fraction of sp³-hybridized carbons (Fsp3) is 0.231. The fourth-order valence-electron chi connectivity index (χ4n) is 1.64. The minimum Gasteiger partial charge on any atom is -0.477 e. The molecule has 2 aromatic heterocycles. The van der Waals surface area contributed by atoms with E-state index >= 15 is 0 Å². The summed E-state index contributed by atoms with van der Waals surface area (Å²) in [5.41, 5.74) is 2.21. The van der Waals surface area contributed by atoms with E-state index in [0.717, 1.165) is 22.5 Å². The highest BCUT2D eigenvalue weighted by molar-refractivity contribution is 7.14. The average Bonchev–Trinajstić information content (AvgIpc) is 2.73. The van der Waals surface area contributed by atoms with Crippen LogP contribution in [0.15, 0.2) is 30.6 Å². The van der Waals surface area contributed by atoms with Crippen LogP contribution in [-0.2, 0) is 13.1 Å². The normalized spacial score (nSPS) is 10.5. The first kappa shape index (κ1) is 12.7. The van der Waals surface area contributed by atoms with Gasteiger partial charge in [0.1, 0.15) is 4.88 Å². The molecule has 0 bridgehead atoms. The van der Waals surface area contributed by atoms with E-state index in [0.29, 0.717) is 11.4 Å². The number of hydrogen-bond donors (Lipinski definition) is 2. The van der Waals surface area contributed by atoms with Gasteiger partial charge < -0.3 is 10.4 Å². The van der Waals surface area contributed by atoms with Gasteiger partial charge in [0.2, 0.25) is 0 Å². The van der Waals surface area contributed by atoms with Crippen LogP contribution in [0, 0.1) is 6.92 Å². The maximum Gasteiger partial charge on any atom is 0.345 e. The number of aromatic carboxylic acids is 1. The second-order valence-corrected chi connectivity index (χ2v) is 5.21. The van der Waals surface area contributed by atoms with Crippen molar-refractivity contribution in [3.63, 3.8) is 0 Å². The molecule has 0 radical (unpaired) electrons. The Kier molecular flexibility index (Phi) is 4.07. The Morgan fingerprint density at radius 1 is 1.39 bits per heavy atom. The lowest BCUT2D eigenvalue weighted by atomic mass is 10.2. The molecule has 0 fully saturated rings. The summed E-state index contributed by atoms with van der Waals surface area (Å²) in [6, 6.07) is 5.65. The zero-order valence-electron chi connectivity index (χ0n) is 10.0. The second kappa shape index (κ2) is 5.75. The molecule has 0 saturated heterocycles. The van der Waals surface area contributed by atoms with Crippen molar-refractivity contribution in [3.05, 3.63) is 51.5 Å². The molecule has 94 valence electrons. The summed E-state index contributed by atoms with van der Waals surface area (Å²) in [6.07, 6.45) is 3.52. The lowest BCUT2D eigenvalue weighted by molar-refractivity contribution is 0.0702. The van der Waals surface area contributed by atoms with Crippen molar-refractivity contribution in [1.29, 1.82) is 0 Å². The number of carbonyl (C=O) groups is 1. The van der Waals surface area contributed by atoms with Gasteiger partial charge in [0.05, 0.1) is 0 Å². The molecule has 2 rings (SSSR count). The van der Waals surface area contributed by atoms with E-state index in [9.17, 15) is 4.79 Å². The quantitative estimate of drug-likeness (QED) is 0.868. The van der Waals surface area contributed by atoms with Crippen LogP contribution in [0.5, 0.6) is 0 Å². The smallest absolute Gasteiger partial charge is 0.345 e. The fourth-order valence-corrected chi connectivity index (χ4v) is 2.52. The molecule has 5 heteroatoms. The first-order chi connectivity index (χ1) is 8.66. The topological polar surface area (TPSA) is 62.2 Å². The first-order valence-corrected chi connectivity index (χ1v) is 6.40. The van der Waals surface area contributed by atoms with Crippen LogP contribution in [0.4, 0.5) is 0 Å². The van der Waals surface area contributed by atoms with Crippen LogP contribution < -0.4 is 5.32 Å². The number of thiophene rings is 1. The molecule has 0 aliphatic rings. The third-order valence-electron chi connectivity index (χ3n) is 2.63. The predicted octanol–water partition coefficient (Wildman–Crippen LogP) is 2.44. The van der Waals surface area contributed by atoms with Gasteiger partial charge in [0.25, 0.3) is 0 Å². The third-order valence-corrected chi connectivity index (χ3v) is 3.71. The van der Waals surface area contributed by atoms with Crippen molar-refractivity contribution < 1.29 is 9.90 Å². The molecule has 2 heterocycles. The number of rotatable bonds is 5. The average molecular weight is 262 g/mol. The minimum absolute atomic E-state index is 0.396. The van der Waals surface area contributed by atoms with Crippen LogP contribution >= 0.6 is 11.3 Å². The van der Waals surface area contributed by atoms with Gasteiger partial charge in [-0.05, 0) is 36.2 Å². The Hall–Kier alpha value is -1.72. The summed E-state index contributed by atoms with van der Waals surface area (Å²) < 4.78 is 0. The van der Waals surface area contributed by atoms with Crippen LogP contribution in [0.25, 0.3) is 0 Å². The summed E-state index contributed by atoms with van der Waals surface area (Å²) in [5, 5.41) is 12.2. The number of carboxylic acid groups (broad SMARTS) is 1. The van der Waals surface area contributed by atoms with Crippen molar-refractivity contribution >= 4 is 17.3 Å². The lowest BCUT2D eigenvalue weighted by Gasteiger charge is -2.04. The van der Waals surface area contributed by atoms with Crippen LogP contribution in [0.1, 0.15) is 25.7 Å². The summed E-state index contributed by atoms with van der Waals surface area (Å²) in [4.78, 5) is 16.2. The Labute approximate surface area is 109 Å². The molecule has 0 saturated carbocycles. The number of aromatic nitrogens is 1. The lowest BCUT2D eigenvalue weighted by Crippen LogP contribution is -2.12. The molecule has 0 atom stereocenters. The number of aryl methyl sites for hydroxylation is 1. The van der Waals surface area contributed by atoms with E-state index in [1.165, 1.54) is 11.3 Å². The Bertz CT molecular complexity index is 537. The highest BCUT2D eigenvalue weighted by Gasteiger charge is 2.10. The van der Waals surface area contributed by atoms with Gasteiger partial charge >= 0.3 is 5.97 Å². The molecular weight excluding hydrogens is 248 g/mol. The molecule has 2 aromatic rings. The van der Waals surface area contributed by atoms with E-state index in [4.69, 9.17) is 5.11 Å². The van der Waals surface area contributed by atoms with Crippen molar-refractivity contribution in [2.24, 2.45) is 0 Å². The van der Waals surface area contributed by atoms with E-state index in [2.05, 4.69) is 10.3 Å². The van der Waals surface area contributed by atoms with Gasteiger partial charge in [0.15, 0.2) is 0 Å². The van der Waals surface area contributed by atoms with E-state index < -0.39 is 5.97 Å². The van der Waals surface area contributed by atoms with Crippen molar-refractivity contribution in [3.8, 4) is 0 Å². The van der Waals surface area contributed by atoms with Gasteiger partial charge in [-0.15, -0.1) is 11.3 Å². The van der Waals surface area contributed by atoms with Crippen molar-refractivity contribution in [1.82, 2.24) is 10.3 Å². The number of nitrogens with one attached hydrogen (secondary N) is 1. The SMILES string of the molecule is Cc1sc(C(=O)O)cc1CNCc1ccncc1. The molecule has 0 aliphatic carbocycles.